The van der Waals surface area contributed by atoms with Crippen LogP contribution in [0.15, 0.2) is 29.8 Å². The molecule has 0 unspecified atom stereocenters. The summed E-state index contributed by atoms with van der Waals surface area (Å²) in [5.41, 5.74) is 2.70. The molecule has 2 aromatic rings. The van der Waals surface area contributed by atoms with E-state index in [4.69, 9.17) is 16.7 Å². The van der Waals surface area contributed by atoms with Crippen LogP contribution in [0.5, 0.6) is 0 Å². The van der Waals surface area contributed by atoms with Crippen LogP contribution >= 0.6 is 22.9 Å². The molecule has 0 amide bonds. The highest BCUT2D eigenvalue weighted by molar-refractivity contribution is 7.12. The number of aromatic nitrogens is 1. The molecule has 0 aliphatic heterocycles. The fourth-order valence-electron chi connectivity index (χ4n) is 1.24. The van der Waals surface area contributed by atoms with Crippen molar-refractivity contribution in [3.8, 4) is 11.3 Å². The predicted octanol–water partition coefficient (Wildman–Crippen LogP) is 3.16. The van der Waals surface area contributed by atoms with Crippen molar-refractivity contribution in [2.24, 2.45) is 0 Å². The first-order valence-corrected chi connectivity index (χ1v) is 5.37. The van der Waals surface area contributed by atoms with Crippen molar-refractivity contribution in [3.05, 3.63) is 39.7 Å². The average Bonchev–Trinajstić information content (AvgIpc) is 2.65. The number of halogens is 1. The van der Waals surface area contributed by atoms with Crippen molar-refractivity contribution in [1.29, 1.82) is 0 Å². The summed E-state index contributed by atoms with van der Waals surface area (Å²) >= 11 is 6.93. The Hall–Kier alpha value is -1.39. The molecule has 5 heteroatoms. The topological polar surface area (TPSA) is 50.2 Å². The minimum absolute atomic E-state index is 0.234. The Morgan fingerprint density at radius 2 is 2.27 bits per heavy atom. The molecule has 0 aliphatic carbocycles. The Kier molecular flexibility index (Phi) is 2.70. The van der Waals surface area contributed by atoms with E-state index >= 15 is 0 Å². The van der Waals surface area contributed by atoms with Gasteiger partial charge in [-0.05, 0) is 12.1 Å². The van der Waals surface area contributed by atoms with E-state index in [1.54, 1.807) is 24.3 Å². The minimum Gasteiger partial charge on any atom is -0.477 e. The van der Waals surface area contributed by atoms with E-state index < -0.39 is 5.97 Å². The molecule has 0 atom stereocenters. The number of aromatic carboxylic acids is 1. The van der Waals surface area contributed by atoms with Gasteiger partial charge in [-0.25, -0.2) is 9.78 Å². The van der Waals surface area contributed by atoms with Gasteiger partial charge in [0, 0.05) is 10.6 Å². The molecular formula is C10H6ClNO2S. The predicted molar refractivity (Wildman–Crippen MR) is 59.5 cm³/mol. The van der Waals surface area contributed by atoms with Crippen molar-refractivity contribution >= 4 is 28.9 Å². The number of carbonyl (C=O) groups is 1. The van der Waals surface area contributed by atoms with Crippen molar-refractivity contribution in [1.82, 2.24) is 4.98 Å². The number of rotatable bonds is 2. The van der Waals surface area contributed by atoms with Gasteiger partial charge in [-0.15, -0.1) is 11.3 Å². The van der Waals surface area contributed by atoms with E-state index in [1.807, 2.05) is 0 Å². The number of carboxylic acids is 1. The van der Waals surface area contributed by atoms with Gasteiger partial charge >= 0.3 is 5.97 Å². The van der Waals surface area contributed by atoms with Gasteiger partial charge in [-0.1, -0.05) is 23.7 Å². The molecule has 1 aromatic carbocycles. The van der Waals surface area contributed by atoms with Crippen LogP contribution in [-0.2, 0) is 0 Å². The highest BCUT2D eigenvalue weighted by atomic mass is 35.5. The van der Waals surface area contributed by atoms with Crippen LogP contribution in [-0.4, -0.2) is 16.1 Å². The number of hydrogen-bond donors (Lipinski definition) is 1. The lowest BCUT2D eigenvalue weighted by Crippen LogP contribution is -1.95. The lowest BCUT2D eigenvalue weighted by atomic mass is 10.1. The number of hydrogen-bond acceptors (Lipinski definition) is 3. The maximum absolute atomic E-state index is 10.9. The molecule has 0 fully saturated rings. The van der Waals surface area contributed by atoms with Crippen LogP contribution in [0, 0.1) is 0 Å². The normalized spacial score (nSPS) is 10.2. The summed E-state index contributed by atoms with van der Waals surface area (Å²) in [6.45, 7) is 0. The molecule has 1 N–H and O–H groups in total. The Balaban J connectivity index is 2.54. The molecular weight excluding hydrogens is 234 g/mol. The number of nitrogens with zero attached hydrogens (tertiary/aromatic N) is 1. The van der Waals surface area contributed by atoms with Gasteiger partial charge in [0.15, 0.2) is 0 Å². The van der Waals surface area contributed by atoms with Crippen molar-refractivity contribution in [2.45, 2.75) is 0 Å². The summed E-state index contributed by atoms with van der Waals surface area (Å²) in [6, 6.07) is 6.98. The van der Waals surface area contributed by atoms with Crippen LogP contribution < -0.4 is 0 Å². The lowest BCUT2D eigenvalue weighted by molar-refractivity contribution is 0.0702. The summed E-state index contributed by atoms with van der Waals surface area (Å²) in [5.74, 6) is -0.965. The fourth-order valence-corrected chi connectivity index (χ4v) is 2.08. The Labute approximate surface area is 95.0 Å². The van der Waals surface area contributed by atoms with Crippen LogP contribution in [0.2, 0.25) is 5.02 Å². The molecule has 0 saturated carbocycles. The van der Waals surface area contributed by atoms with Gasteiger partial charge in [-0.3, -0.25) is 0 Å². The molecule has 0 saturated heterocycles. The number of carboxylic acid groups (broad SMARTS) is 1. The highest BCUT2D eigenvalue weighted by Gasteiger charge is 2.14. The highest BCUT2D eigenvalue weighted by Crippen LogP contribution is 2.27. The zero-order valence-corrected chi connectivity index (χ0v) is 9.05. The maximum Gasteiger partial charge on any atom is 0.348 e. The second-order valence-corrected chi connectivity index (χ2v) is 4.14. The lowest BCUT2D eigenvalue weighted by Gasteiger charge is -1.99. The monoisotopic (exact) mass is 239 g/mol. The molecule has 1 heterocycles. The second kappa shape index (κ2) is 4.00. The van der Waals surface area contributed by atoms with Crippen molar-refractivity contribution in [3.63, 3.8) is 0 Å². The standard InChI is InChI=1S/C10H6ClNO2S/c11-7-3-1-2-6(4-7)8-9(10(13)14)15-5-12-8/h1-5H,(H,13,14). The summed E-state index contributed by atoms with van der Waals surface area (Å²) < 4.78 is 0. The molecule has 2 rings (SSSR count). The van der Waals surface area contributed by atoms with Gasteiger partial charge in [0.25, 0.3) is 0 Å². The SMILES string of the molecule is O=C(O)c1scnc1-c1cccc(Cl)c1. The van der Waals surface area contributed by atoms with E-state index in [1.165, 1.54) is 5.51 Å². The fraction of sp³-hybridized carbons (Fsp3) is 0. The summed E-state index contributed by atoms with van der Waals surface area (Å²) in [6.07, 6.45) is 0. The molecule has 0 bridgehead atoms. The van der Waals surface area contributed by atoms with Crippen LogP contribution in [0.1, 0.15) is 9.67 Å². The molecule has 0 spiro atoms. The first-order valence-electron chi connectivity index (χ1n) is 4.11. The molecule has 3 nitrogen and oxygen atoms in total. The van der Waals surface area contributed by atoms with Gasteiger partial charge in [-0.2, -0.15) is 0 Å². The number of thiazole rings is 1. The van der Waals surface area contributed by atoms with Gasteiger partial charge < -0.3 is 5.11 Å². The molecule has 76 valence electrons. The largest absolute Gasteiger partial charge is 0.477 e. The molecule has 0 aliphatic rings. The zero-order chi connectivity index (χ0) is 10.8. The minimum atomic E-state index is -0.965. The van der Waals surface area contributed by atoms with E-state index in [-0.39, 0.29) is 4.88 Å². The zero-order valence-electron chi connectivity index (χ0n) is 7.48. The van der Waals surface area contributed by atoms with E-state index in [9.17, 15) is 4.79 Å². The quantitative estimate of drug-likeness (QED) is 0.876. The van der Waals surface area contributed by atoms with Gasteiger partial charge in [0.2, 0.25) is 0 Å². The molecule has 1 aromatic heterocycles. The third-order valence-electron chi connectivity index (χ3n) is 1.86. The first kappa shape index (κ1) is 10.1. The third-order valence-corrected chi connectivity index (χ3v) is 2.91. The summed E-state index contributed by atoms with van der Waals surface area (Å²) in [5, 5.41) is 9.49. The second-order valence-electron chi connectivity index (χ2n) is 2.85. The first-order chi connectivity index (χ1) is 7.18. The Morgan fingerprint density at radius 3 is 2.93 bits per heavy atom. The average molecular weight is 240 g/mol. The maximum atomic E-state index is 10.9. The van der Waals surface area contributed by atoms with E-state index in [2.05, 4.69) is 4.98 Å². The molecule has 0 radical (unpaired) electrons. The summed E-state index contributed by atoms with van der Waals surface area (Å²) in [4.78, 5) is 15.1. The van der Waals surface area contributed by atoms with Crippen LogP contribution in [0.3, 0.4) is 0 Å². The third kappa shape index (κ3) is 2.00. The van der Waals surface area contributed by atoms with Crippen molar-refractivity contribution in [2.75, 3.05) is 0 Å². The van der Waals surface area contributed by atoms with E-state index in [0.29, 0.717) is 10.7 Å². The number of benzene rings is 1. The van der Waals surface area contributed by atoms with Gasteiger partial charge in [0.1, 0.15) is 4.88 Å². The van der Waals surface area contributed by atoms with Crippen LogP contribution in [0.4, 0.5) is 0 Å². The Morgan fingerprint density at radius 1 is 1.47 bits per heavy atom. The molecule has 15 heavy (non-hydrogen) atoms. The summed E-state index contributed by atoms with van der Waals surface area (Å²) in [7, 11) is 0. The van der Waals surface area contributed by atoms with Gasteiger partial charge in [0.05, 0.1) is 11.2 Å². The van der Waals surface area contributed by atoms with E-state index in [0.717, 1.165) is 16.9 Å². The van der Waals surface area contributed by atoms with Crippen molar-refractivity contribution < 1.29 is 9.90 Å². The van der Waals surface area contributed by atoms with Crippen LogP contribution in [0.25, 0.3) is 11.3 Å². The Bertz CT molecular complexity index is 510. The smallest absolute Gasteiger partial charge is 0.348 e.